The lowest BCUT2D eigenvalue weighted by Gasteiger charge is -2.28. The molecule has 0 spiro atoms. The molecule has 0 radical (unpaired) electrons. The SMILES string of the molecule is CC(C)(C)NS(=O)(=O)c1ccccc1C(O)C(C)(C)C. The Kier molecular flexibility index (Phi) is 4.69. The molecule has 0 bridgehead atoms. The fourth-order valence-corrected chi connectivity index (χ4v) is 3.54. The highest BCUT2D eigenvalue weighted by Crippen LogP contribution is 2.35. The zero-order valence-corrected chi connectivity index (χ0v) is 13.9. The summed E-state index contributed by atoms with van der Waals surface area (Å²) >= 11 is 0. The Hall–Kier alpha value is -0.910. The van der Waals surface area contributed by atoms with Crippen LogP contribution in [0.25, 0.3) is 0 Å². The van der Waals surface area contributed by atoms with Crippen LogP contribution < -0.4 is 4.72 Å². The molecule has 0 amide bonds. The van der Waals surface area contributed by atoms with Gasteiger partial charge in [0, 0.05) is 11.1 Å². The number of nitrogens with one attached hydrogen (secondary N) is 1. The lowest BCUT2D eigenvalue weighted by atomic mass is 9.85. The van der Waals surface area contributed by atoms with Gasteiger partial charge in [-0.25, -0.2) is 13.1 Å². The minimum Gasteiger partial charge on any atom is -0.388 e. The molecule has 0 heterocycles. The molecule has 1 aromatic rings. The fraction of sp³-hybridized carbons (Fsp3) is 0.600. The largest absolute Gasteiger partial charge is 0.388 e. The van der Waals surface area contributed by atoms with Crippen LogP contribution in [0.4, 0.5) is 0 Å². The second-order valence-electron chi connectivity index (χ2n) is 7.16. The van der Waals surface area contributed by atoms with E-state index < -0.39 is 27.1 Å². The molecule has 0 saturated carbocycles. The maximum Gasteiger partial charge on any atom is 0.241 e. The van der Waals surface area contributed by atoms with Crippen molar-refractivity contribution < 1.29 is 13.5 Å². The highest BCUT2D eigenvalue weighted by Gasteiger charge is 2.31. The summed E-state index contributed by atoms with van der Waals surface area (Å²) in [6, 6.07) is 6.59. The molecule has 114 valence electrons. The molecule has 0 aliphatic rings. The van der Waals surface area contributed by atoms with Crippen molar-refractivity contribution in [3.05, 3.63) is 29.8 Å². The van der Waals surface area contributed by atoms with E-state index in [0.29, 0.717) is 5.56 Å². The maximum absolute atomic E-state index is 12.5. The Morgan fingerprint density at radius 2 is 1.55 bits per heavy atom. The third kappa shape index (κ3) is 4.30. The first-order valence-electron chi connectivity index (χ1n) is 6.65. The van der Waals surface area contributed by atoms with Gasteiger partial charge >= 0.3 is 0 Å². The number of aliphatic hydroxyl groups is 1. The topological polar surface area (TPSA) is 66.4 Å². The van der Waals surface area contributed by atoms with Gasteiger partial charge in [0.2, 0.25) is 10.0 Å². The van der Waals surface area contributed by atoms with Gasteiger partial charge in [-0.2, -0.15) is 0 Å². The van der Waals surface area contributed by atoms with Crippen LogP contribution in [0.3, 0.4) is 0 Å². The van der Waals surface area contributed by atoms with Crippen LogP contribution in [0.5, 0.6) is 0 Å². The second-order valence-corrected chi connectivity index (χ2v) is 8.81. The van der Waals surface area contributed by atoms with Crippen molar-refractivity contribution in [1.82, 2.24) is 4.72 Å². The van der Waals surface area contributed by atoms with Crippen LogP contribution in [0, 0.1) is 5.41 Å². The first-order chi connectivity index (χ1) is 8.84. The normalized spacial score (nSPS) is 15.2. The summed E-state index contributed by atoms with van der Waals surface area (Å²) < 4.78 is 27.6. The molecule has 5 heteroatoms. The van der Waals surface area contributed by atoms with Crippen LogP contribution in [0.15, 0.2) is 29.2 Å². The first kappa shape index (κ1) is 17.1. The zero-order chi connectivity index (χ0) is 15.8. The van der Waals surface area contributed by atoms with Crippen molar-refractivity contribution in [2.45, 2.75) is 58.1 Å². The molecule has 0 aliphatic carbocycles. The van der Waals surface area contributed by atoms with E-state index in [-0.39, 0.29) is 4.90 Å². The Labute approximate surface area is 122 Å². The molecule has 0 fully saturated rings. The zero-order valence-electron chi connectivity index (χ0n) is 13.1. The van der Waals surface area contributed by atoms with Gasteiger partial charge in [0.15, 0.2) is 0 Å². The van der Waals surface area contributed by atoms with Crippen LogP contribution in [-0.2, 0) is 10.0 Å². The van der Waals surface area contributed by atoms with E-state index >= 15 is 0 Å². The van der Waals surface area contributed by atoms with E-state index in [1.807, 2.05) is 20.8 Å². The summed E-state index contributed by atoms with van der Waals surface area (Å²) in [6.45, 7) is 11.0. The highest BCUT2D eigenvalue weighted by atomic mass is 32.2. The average Bonchev–Trinajstić information content (AvgIpc) is 2.23. The summed E-state index contributed by atoms with van der Waals surface area (Å²) in [5.74, 6) is 0. The number of rotatable bonds is 3. The predicted molar refractivity (Wildman–Crippen MR) is 80.9 cm³/mol. The predicted octanol–water partition coefficient (Wildman–Crippen LogP) is 2.84. The monoisotopic (exact) mass is 299 g/mol. The maximum atomic E-state index is 12.5. The quantitative estimate of drug-likeness (QED) is 0.902. The Bertz CT molecular complexity index is 566. The van der Waals surface area contributed by atoms with Gasteiger partial charge in [-0.15, -0.1) is 0 Å². The van der Waals surface area contributed by atoms with Crippen molar-refractivity contribution in [3.8, 4) is 0 Å². The molecule has 2 N–H and O–H groups in total. The number of sulfonamides is 1. The molecule has 1 atom stereocenters. The van der Waals surface area contributed by atoms with Crippen LogP contribution >= 0.6 is 0 Å². The van der Waals surface area contributed by atoms with Crippen LogP contribution in [0.1, 0.15) is 53.2 Å². The van der Waals surface area contributed by atoms with Crippen LogP contribution in [-0.4, -0.2) is 19.1 Å². The van der Waals surface area contributed by atoms with Gasteiger partial charge in [-0.05, 0) is 32.3 Å². The highest BCUT2D eigenvalue weighted by molar-refractivity contribution is 7.89. The lowest BCUT2D eigenvalue weighted by molar-refractivity contribution is 0.0602. The van der Waals surface area contributed by atoms with Gasteiger partial charge in [0.25, 0.3) is 0 Å². The molecule has 0 saturated heterocycles. The molecule has 1 aromatic carbocycles. The summed E-state index contributed by atoms with van der Waals surface area (Å²) in [4.78, 5) is 0.136. The summed E-state index contributed by atoms with van der Waals surface area (Å²) in [7, 11) is -3.66. The van der Waals surface area contributed by atoms with Crippen molar-refractivity contribution >= 4 is 10.0 Å². The molecule has 0 aromatic heterocycles. The van der Waals surface area contributed by atoms with E-state index in [2.05, 4.69) is 4.72 Å². The van der Waals surface area contributed by atoms with Gasteiger partial charge in [0.05, 0.1) is 11.0 Å². The smallest absolute Gasteiger partial charge is 0.241 e. The molecule has 1 unspecified atom stereocenters. The minimum atomic E-state index is -3.66. The Balaban J connectivity index is 3.34. The van der Waals surface area contributed by atoms with Gasteiger partial charge in [0.1, 0.15) is 0 Å². The van der Waals surface area contributed by atoms with Crippen LogP contribution in [0.2, 0.25) is 0 Å². The van der Waals surface area contributed by atoms with Gasteiger partial charge in [-0.3, -0.25) is 0 Å². The number of hydrogen-bond donors (Lipinski definition) is 2. The van der Waals surface area contributed by atoms with Gasteiger partial charge in [-0.1, -0.05) is 39.0 Å². The molecule has 0 aliphatic heterocycles. The van der Waals surface area contributed by atoms with Crippen molar-refractivity contribution in [1.29, 1.82) is 0 Å². The third-order valence-corrected chi connectivity index (χ3v) is 4.60. The number of aliphatic hydroxyl groups excluding tert-OH is 1. The molecule has 20 heavy (non-hydrogen) atoms. The molecule has 4 nitrogen and oxygen atoms in total. The van der Waals surface area contributed by atoms with Crippen molar-refractivity contribution in [2.24, 2.45) is 5.41 Å². The first-order valence-corrected chi connectivity index (χ1v) is 8.14. The lowest BCUT2D eigenvalue weighted by Crippen LogP contribution is -2.41. The summed E-state index contributed by atoms with van der Waals surface area (Å²) in [5.41, 5.74) is -0.580. The molecular formula is C15H25NO3S. The number of hydrogen-bond acceptors (Lipinski definition) is 3. The van der Waals surface area contributed by atoms with E-state index in [1.165, 1.54) is 6.07 Å². The third-order valence-electron chi connectivity index (χ3n) is 2.76. The van der Waals surface area contributed by atoms with Crippen molar-refractivity contribution in [3.63, 3.8) is 0 Å². The molecular weight excluding hydrogens is 274 g/mol. The van der Waals surface area contributed by atoms with E-state index in [4.69, 9.17) is 0 Å². The number of benzene rings is 1. The van der Waals surface area contributed by atoms with Gasteiger partial charge < -0.3 is 5.11 Å². The summed E-state index contributed by atoms with van der Waals surface area (Å²) in [6.07, 6.45) is -0.852. The minimum absolute atomic E-state index is 0.136. The van der Waals surface area contributed by atoms with Crippen molar-refractivity contribution in [2.75, 3.05) is 0 Å². The Morgan fingerprint density at radius 1 is 1.05 bits per heavy atom. The standard InChI is InChI=1S/C15H25NO3S/c1-14(2,3)13(17)11-9-7-8-10-12(11)20(18,19)16-15(4,5)6/h7-10,13,16-17H,1-6H3. The van der Waals surface area contributed by atoms with E-state index in [9.17, 15) is 13.5 Å². The molecule has 1 rings (SSSR count). The average molecular weight is 299 g/mol. The fourth-order valence-electron chi connectivity index (χ4n) is 1.88. The Morgan fingerprint density at radius 3 is 2.00 bits per heavy atom. The van der Waals surface area contributed by atoms with E-state index in [1.54, 1.807) is 39.0 Å². The van der Waals surface area contributed by atoms with E-state index in [0.717, 1.165) is 0 Å². The summed E-state index contributed by atoms with van der Waals surface area (Å²) in [5, 5.41) is 10.4. The second kappa shape index (κ2) is 5.47.